The van der Waals surface area contributed by atoms with Crippen LogP contribution in [-0.4, -0.2) is 10.1 Å². The van der Waals surface area contributed by atoms with Crippen molar-refractivity contribution in [2.75, 3.05) is 0 Å². The van der Waals surface area contributed by atoms with Gasteiger partial charge in [-0.05, 0) is 29.8 Å². The second-order valence-corrected chi connectivity index (χ2v) is 3.39. The molecule has 1 aromatic heterocycles. The van der Waals surface area contributed by atoms with Crippen molar-refractivity contribution in [3.8, 4) is 11.1 Å². The predicted octanol–water partition coefficient (Wildman–Crippen LogP) is 1.67. The fourth-order valence-electron chi connectivity index (χ4n) is 1.46. The molecule has 0 amide bonds. The smallest absolute Gasteiger partial charge is 0.256 e. The minimum atomic E-state index is -0.341. The van der Waals surface area contributed by atoms with Crippen LogP contribution in [0, 0.1) is 5.82 Å². The molecular formula is C12H10FNO2. The molecule has 16 heavy (non-hydrogen) atoms. The quantitative estimate of drug-likeness (QED) is 0.807. The van der Waals surface area contributed by atoms with Crippen molar-refractivity contribution in [1.82, 2.24) is 4.98 Å². The van der Waals surface area contributed by atoms with Crippen LogP contribution in [0.3, 0.4) is 0 Å². The van der Waals surface area contributed by atoms with Gasteiger partial charge in [-0.2, -0.15) is 0 Å². The summed E-state index contributed by atoms with van der Waals surface area (Å²) in [6.45, 7) is -0.209. The predicted molar refractivity (Wildman–Crippen MR) is 58.4 cm³/mol. The molecule has 0 aliphatic heterocycles. The van der Waals surface area contributed by atoms with Crippen molar-refractivity contribution in [2.24, 2.45) is 0 Å². The Morgan fingerprint density at radius 3 is 2.38 bits per heavy atom. The summed E-state index contributed by atoms with van der Waals surface area (Å²) in [6.07, 6.45) is 0. The molecule has 3 nitrogen and oxygen atoms in total. The monoisotopic (exact) mass is 219 g/mol. The molecular weight excluding hydrogens is 209 g/mol. The lowest BCUT2D eigenvalue weighted by atomic mass is 10.1. The van der Waals surface area contributed by atoms with Gasteiger partial charge in [-0.3, -0.25) is 4.79 Å². The van der Waals surface area contributed by atoms with Crippen LogP contribution < -0.4 is 5.56 Å². The Bertz CT molecular complexity index is 546. The van der Waals surface area contributed by atoms with Gasteiger partial charge in [0.05, 0.1) is 6.61 Å². The summed E-state index contributed by atoms with van der Waals surface area (Å²) in [6, 6.07) is 8.91. The van der Waals surface area contributed by atoms with Crippen LogP contribution in [0.2, 0.25) is 0 Å². The topological polar surface area (TPSA) is 53.1 Å². The van der Waals surface area contributed by atoms with Crippen molar-refractivity contribution < 1.29 is 9.50 Å². The molecule has 0 saturated carbocycles. The first-order chi connectivity index (χ1) is 7.70. The van der Waals surface area contributed by atoms with Gasteiger partial charge in [-0.15, -0.1) is 0 Å². The van der Waals surface area contributed by atoms with Crippen LogP contribution >= 0.6 is 0 Å². The van der Waals surface area contributed by atoms with E-state index in [-0.39, 0.29) is 18.0 Å². The highest BCUT2D eigenvalue weighted by Crippen LogP contribution is 2.15. The van der Waals surface area contributed by atoms with E-state index in [0.29, 0.717) is 16.8 Å². The zero-order valence-corrected chi connectivity index (χ0v) is 8.40. The number of rotatable bonds is 2. The number of aliphatic hydroxyl groups excluding tert-OH is 1. The summed E-state index contributed by atoms with van der Waals surface area (Å²) in [5, 5.41) is 8.84. The van der Waals surface area contributed by atoms with E-state index in [9.17, 15) is 9.18 Å². The normalized spacial score (nSPS) is 10.4. The second kappa shape index (κ2) is 4.28. The average molecular weight is 219 g/mol. The highest BCUT2D eigenvalue weighted by Gasteiger charge is 2.03. The number of aromatic amines is 1. The largest absolute Gasteiger partial charge is 0.390 e. The first-order valence-corrected chi connectivity index (χ1v) is 4.79. The Balaban J connectivity index is 2.48. The Morgan fingerprint density at radius 1 is 1.12 bits per heavy atom. The Kier molecular flexibility index (Phi) is 2.83. The van der Waals surface area contributed by atoms with Crippen LogP contribution in [0.4, 0.5) is 4.39 Å². The summed E-state index contributed by atoms with van der Waals surface area (Å²) in [5.41, 5.74) is 1.26. The third-order valence-electron chi connectivity index (χ3n) is 2.30. The number of hydrogen-bond acceptors (Lipinski definition) is 2. The highest BCUT2D eigenvalue weighted by atomic mass is 19.1. The van der Waals surface area contributed by atoms with Crippen LogP contribution in [-0.2, 0) is 6.61 Å². The van der Waals surface area contributed by atoms with E-state index >= 15 is 0 Å². The van der Waals surface area contributed by atoms with E-state index in [1.807, 2.05) is 0 Å². The maximum absolute atomic E-state index is 12.7. The minimum Gasteiger partial charge on any atom is -0.390 e. The lowest BCUT2D eigenvalue weighted by Gasteiger charge is -2.02. The van der Waals surface area contributed by atoms with E-state index in [1.165, 1.54) is 12.1 Å². The van der Waals surface area contributed by atoms with Gasteiger partial charge in [0.1, 0.15) is 5.82 Å². The van der Waals surface area contributed by atoms with Crippen molar-refractivity contribution in [2.45, 2.75) is 6.61 Å². The van der Waals surface area contributed by atoms with Crippen LogP contribution in [0.15, 0.2) is 41.2 Å². The van der Waals surface area contributed by atoms with Crippen molar-refractivity contribution >= 4 is 0 Å². The van der Waals surface area contributed by atoms with E-state index < -0.39 is 0 Å². The maximum atomic E-state index is 12.7. The van der Waals surface area contributed by atoms with E-state index in [1.54, 1.807) is 24.3 Å². The summed E-state index contributed by atoms with van der Waals surface area (Å²) < 4.78 is 12.7. The fraction of sp³-hybridized carbons (Fsp3) is 0.0833. The molecule has 1 heterocycles. The van der Waals surface area contributed by atoms with E-state index in [0.717, 1.165) is 0 Å². The van der Waals surface area contributed by atoms with Gasteiger partial charge in [-0.1, -0.05) is 12.1 Å². The molecule has 0 saturated heterocycles. The number of aliphatic hydroxyl groups is 1. The van der Waals surface area contributed by atoms with Crippen molar-refractivity contribution in [1.29, 1.82) is 0 Å². The lowest BCUT2D eigenvalue weighted by molar-refractivity contribution is 0.276. The molecule has 0 atom stereocenters. The zero-order valence-electron chi connectivity index (χ0n) is 8.40. The molecule has 0 radical (unpaired) electrons. The number of aromatic nitrogens is 1. The molecule has 2 N–H and O–H groups in total. The minimum absolute atomic E-state index is 0.209. The third-order valence-corrected chi connectivity index (χ3v) is 2.30. The molecule has 4 heteroatoms. The summed E-state index contributed by atoms with van der Waals surface area (Å²) >= 11 is 0. The number of benzene rings is 1. The van der Waals surface area contributed by atoms with E-state index in [4.69, 9.17) is 5.11 Å². The number of pyridine rings is 1. The van der Waals surface area contributed by atoms with Crippen LogP contribution in [0.5, 0.6) is 0 Å². The SMILES string of the molecule is O=c1[nH]c(CO)ccc1-c1ccc(F)cc1. The Hall–Kier alpha value is -1.94. The lowest BCUT2D eigenvalue weighted by Crippen LogP contribution is -2.11. The molecule has 2 rings (SSSR count). The summed E-state index contributed by atoms with van der Waals surface area (Å²) in [7, 11) is 0. The molecule has 0 aliphatic rings. The zero-order chi connectivity index (χ0) is 11.5. The molecule has 2 aromatic rings. The van der Waals surface area contributed by atoms with Gasteiger partial charge < -0.3 is 10.1 Å². The molecule has 1 aromatic carbocycles. The van der Waals surface area contributed by atoms with Gasteiger partial charge in [0.15, 0.2) is 0 Å². The molecule has 0 unspecified atom stereocenters. The van der Waals surface area contributed by atoms with Gasteiger partial charge in [0, 0.05) is 11.3 Å². The van der Waals surface area contributed by atoms with Crippen LogP contribution in [0.1, 0.15) is 5.69 Å². The average Bonchev–Trinajstić information content (AvgIpc) is 2.30. The van der Waals surface area contributed by atoms with Gasteiger partial charge in [0.25, 0.3) is 5.56 Å². The summed E-state index contributed by atoms with van der Waals surface area (Å²) in [5.74, 6) is -0.341. The molecule has 0 fully saturated rings. The third kappa shape index (κ3) is 2.01. The second-order valence-electron chi connectivity index (χ2n) is 3.39. The molecule has 0 spiro atoms. The fourth-order valence-corrected chi connectivity index (χ4v) is 1.46. The summed E-state index contributed by atoms with van der Waals surface area (Å²) in [4.78, 5) is 14.2. The van der Waals surface area contributed by atoms with Crippen molar-refractivity contribution in [3.63, 3.8) is 0 Å². The van der Waals surface area contributed by atoms with E-state index in [2.05, 4.69) is 4.98 Å². The molecule has 82 valence electrons. The first-order valence-electron chi connectivity index (χ1n) is 4.79. The number of hydrogen-bond donors (Lipinski definition) is 2. The highest BCUT2D eigenvalue weighted by molar-refractivity contribution is 5.62. The Morgan fingerprint density at radius 2 is 1.81 bits per heavy atom. The molecule has 0 aliphatic carbocycles. The van der Waals surface area contributed by atoms with Gasteiger partial charge >= 0.3 is 0 Å². The van der Waals surface area contributed by atoms with Crippen LogP contribution in [0.25, 0.3) is 11.1 Å². The van der Waals surface area contributed by atoms with Gasteiger partial charge in [0.2, 0.25) is 0 Å². The van der Waals surface area contributed by atoms with Crippen molar-refractivity contribution in [3.05, 3.63) is 58.3 Å². The standard InChI is InChI=1S/C12H10FNO2/c13-9-3-1-8(2-4-9)11-6-5-10(7-15)14-12(11)16/h1-6,15H,7H2,(H,14,16). The molecule has 0 bridgehead atoms. The van der Waals surface area contributed by atoms with Gasteiger partial charge in [-0.25, -0.2) is 4.39 Å². The number of halogens is 1. The maximum Gasteiger partial charge on any atom is 0.256 e. The number of nitrogens with one attached hydrogen (secondary N) is 1. The number of H-pyrrole nitrogens is 1. The Labute approximate surface area is 91.2 Å². The first kappa shape index (κ1) is 10.6.